The molecule has 0 spiro atoms. The molecule has 2 aromatic carbocycles. The van der Waals surface area contributed by atoms with E-state index in [-0.39, 0.29) is 5.91 Å². The zero-order valence-corrected chi connectivity index (χ0v) is 16.8. The van der Waals surface area contributed by atoms with E-state index in [0.717, 1.165) is 43.2 Å². The first-order valence-corrected chi connectivity index (χ1v) is 9.69. The number of benzene rings is 2. The number of carbonyl (C=O) groups is 1. The first-order chi connectivity index (χ1) is 12.8. The predicted molar refractivity (Wildman–Crippen MR) is 112 cm³/mol. The maximum Gasteiger partial charge on any atom is 0.262 e. The predicted octanol–water partition coefficient (Wildman–Crippen LogP) is 3.90. The second kappa shape index (κ2) is 6.73. The molecule has 0 aromatic heterocycles. The van der Waals surface area contributed by atoms with Gasteiger partial charge in [0.15, 0.2) is 0 Å². The van der Waals surface area contributed by atoms with Gasteiger partial charge in [-0.25, -0.2) is 0 Å². The highest BCUT2D eigenvalue weighted by molar-refractivity contribution is 6.30. The van der Waals surface area contributed by atoms with Crippen LogP contribution in [0.3, 0.4) is 0 Å². The van der Waals surface area contributed by atoms with Crippen LogP contribution in [0.4, 0.5) is 17.1 Å². The van der Waals surface area contributed by atoms with E-state index in [0.29, 0.717) is 10.6 Å². The minimum absolute atomic E-state index is 0.00653. The summed E-state index contributed by atoms with van der Waals surface area (Å²) in [5, 5.41) is 4.17. The van der Waals surface area contributed by atoms with E-state index in [2.05, 4.69) is 28.2 Å². The van der Waals surface area contributed by atoms with E-state index in [1.54, 1.807) is 4.90 Å². The summed E-state index contributed by atoms with van der Waals surface area (Å²) in [6.07, 6.45) is 0. The zero-order chi connectivity index (χ0) is 19.2. The maximum absolute atomic E-state index is 13.4. The van der Waals surface area contributed by atoms with Crippen molar-refractivity contribution in [3.63, 3.8) is 0 Å². The van der Waals surface area contributed by atoms with Crippen LogP contribution in [0.5, 0.6) is 0 Å². The normalized spacial score (nSPS) is 19.6. The Balaban J connectivity index is 1.69. The third-order valence-corrected chi connectivity index (χ3v) is 5.64. The third-order valence-electron chi connectivity index (χ3n) is 5.39. The highest BCUT2D eigenvalue weighted by Crippen LogP contribution is 2.37. The second-order valence-corrected chi connectivity index (χ2v) is 8.26. The standard InChI is InChI=1S/C21H25ClN4O/c1-21(2)23-19-9-8-17(25-12-10-24(3)11-13-25)14-18(19)20(27)26(21)16-6-4-15(22)5-7-16/h4-9,14,23H,10-13H2,1-3H3. The summed E-state index contributed by atoms with van der Waals surface area (Å²) in [6, 6.07) is 13.6. The number of rotatable bonds is 2. The maximum atomic E-state index is 13.4. The molecule has 27 heavy (non-hydrogen) atoms. The summed E-state index contributed by atoms with van der Waals surface area (Å²) in [6.45, 7) is 8.04. The van der Waals surface area contributed by atoms with Crippen molar-refractivity contribution in [3.05, 3.63) is 53.1 Å². The smallest absolute Gasteiger partial charge is 0.262 e. The Morgan fingerprint density at radius 1 is 0.963 bits per heavy atom. The SMILES string of the molecule is CN1CCN(c2ccc3c(c2)C(=O)N(c2ccc(Cl)cc2)C(C)(C)N3)CC1. The molecule has 1 fully saturated rings. The number of carbonyl (C=O) groups excluding carboxylic acids is 1. The first kappa shape index (κ1) is 18.1. The summed E-state index contributed by atoms with van der Waals surface area (Å²) in [4.78, 5) is 19.9. The van der Waals surface area contributed by atoms with Gasteiger partial charge in [-0.1, -0.05) is 11.6 Å². The largest absolute Gasteiger partial charge is 0.369 e. The van der Waals surface area contributed by atoms with E-state index in [9.17, 15) is 4.79 Å². The van der Waals surface area contributed by atoms with Gasteiger partial charge in [0.25, 0.3) is 5.91 Å². The lowest BCUT2D eigenvalue weighted by Gasteiger charge is -2.44. The van der Waals surface area contributed by atoms with Gasteiger partial charge in [0.2, 0.25) is 0 Å². The van der Waals surface area contributed by atoms with Gasteiger partial charge >= 0.3 is 0 Å². The lowest BCUT2D eigenvalue weighted by atomic mass is 10.00. The van der Waals surface area contributed by atoms with E-state index in [1.165, 1.54) is 0 Å². The van der Waals surface area contributed by atoms with Crippen molar-refractivity contribution < 1.29 is 4.79 Å². The number of amides is 1. The quantitative estimate of drug-likeness (QED) is 0.852. The molecule has 2 aliphatic heterocycles. The topological polar surface area (TPSA) is 38.8 Å². The molecule has 1 amide bonds. The Morgan fingerprint density at radius 2 is 1.59 bits per heavy atom. The van der Waals surface area contributed by atoms with Crippen LogP contribution in [0, 0.1) is 0 Å². The molecule has 6 heteroatoms. The van der Waals surface area contributed by atoms with Crippen molar-refractivity contribution in [3.8, 4) is 0 Å². The minimum Gasteiger partial charge on any atom is -0.369 e. The number of piperazine rings is 1. The molecule has 0 radical (unpaired) electrons. The lowest BCUT2D eigenvalue weighted by Crippen LogP contribution is -2.56. The molecular formula is C21H25ClN4O. The highest BCUT2D eigenvalue weighted by atomic mass is 35.5. The Bertz CT molecular complexity index is 857. The molecule has 2 aromatic rings. The van der Waals surface area contributed by atoms with Crippen molar-refractivity contribution >= 4 is 34.6 Å². The molecule has 2 aliphatic rings. The molecular weight excluding hydrogens is 360 g/mol. The number of nitrogens with one attached hydrogen (secondary N) is 1. The van der Waals surface area contributed by atoms with Gasteiger partial charge in [-0.2, -0.15) is 0 Å². The molecule has 0 atom stereocenters. The Hall–Kier alpha value is -2.24. The van der Waals surface area contributed by atoms with Crippen LogP contribution in [-0.4, -0.2) is 49.7 Å². The van der Waals surface area contributed by atoms with Crippen molar-refractivity contribution in [1.82, 2.24) is 4.90 Å². The molecule has 2 heterocycles. The van der Waals surface area contributed by atoms with Gasteiger partial charge in [0, 0.05) is 48.3 Å². The van der Waals surface area contributed by atoms with Gasteiger partial charge in [-0.05, 0) is 63.4 Å². The molecule has 1 N–H and O–H groups in total. The molecule has 0 unspecified atom stereocenters. The van der Waals surface area contributed by atoms with Crippen LogP contribution in [0.15, 0.2) is 42.5 Å². The lowest BCUT2D eigenvalue weighted by molar-refractivity contribution is 0.0961. The Labute approximate surface area is 165 Å². The summed E-state index contributed by atoms with van der Waals surface area (Å²) < 4.78 is 0. The van der Waals surface area contributed by atoms with Crippen LogP contribution >= 0.6 is 11.6 Å². The Morgan fingerprint density at radius 3 is 2.26 bits per heavy atom. The fourth-order valence-electron chi connectivity index (χ4n) is 3.87. The van der Waals surface area contributed by atoms with Crippen LogP contribution in [-0.2, 0) is 0 Å². The first-order valence-electron chi connectivity index (χ1n) is 9.31. The van der Waals surface area contributed by atoms with E-state index in [1.807, 2.05) is 50.2 Å². The molecule has 1 saturated heterocycles. The average molecular weight is 385 g/mol. The fourth-order valence-corrected chi connectivity index (χ4v) is 4.00. The van der Waals surface area contributed by atoms with Gasteiger partial charge in [-0.3, -0.25) is 9.69 Å². The van der Waals surface area contributed by atoms with Crippen molar-refractivity contribution in [2.45, 2.75) is 19.5 Å². The monoisotopic (exact) mass is 384 g/mol. The Kier molecular flexibility index (Phi) is 4.52. The number of fused-ring (bicyclic) bond motifs is 1. The molecule has 5 nitrogen and oxygen atoms in total. The molecule has 4 rings (SSSR count). The van der Waals surface area contributed by atoms with E-state index in [4.69, 9.17) is 11.6 Å². The summed E-state index contributed by atoms with van der Waals surface area (Å²) >= 11 is 6.03. The van der Waals surface area contributed by atoms with Gasteiger partial charge in [0.05, 0.1) is 5.56 Å². The van der Waals surface area contributed by atoms with Crippen molar-refractivity contribution in [1.29, 1.82) is 0 Å². The van der Waals surface area contributed by atoms with E-state index >= 15 is 0 Å². The van der Waals surface area contributed by atoms with Gasteiger partial charge in [-0.15, -0.1) is 0 Å². The van der Waals surface area contributed by atoms with Gasteiger partial charge in [0.1, 0.15) is 5.66 Å². The number of nitrogens with zero attached hydrogens (tertiary/aromatic N) is 3. The van der Waals surface area contributed by atoms with Crippen molar-refractivity contribution in [2.75, 3.05) is 48.3 Å². The summed E-state index contributed by atoms with van der Waals surface area (Å²) in [5.41, 5.74) is 2.99. The second-order valence-electron chi connectivity index (χ2n) is 7.82. The molecule has 0 saturated carbocycles. The van der Waals surface area contributed by atoms with Crippen LogP contribution < -0.4 is 15.1 Å². The van der Waals surface area contributed by atoms with Gasteiger partial charge < -0.3 is 15.1 Å². The number of likely N-dealkylation sites (N-methyl/N-ethyl adjacent to an activating group) is 1. The molecule has 0 bridgehead atoms. The van der Waals surface area contributed by atoms with Crippen LogP contribution in [0.2, 0.25) is 5.02 Å². The van der Waals surface area contributed by atoms with Crippen molar-refractivity contribution in [2.24, 2.45) is 0 Å². The van der Waals surface area contributed by atoms with Crippen LogP contribution in [0.1, 0.15) is 24.2 Å². The number of hydrogen-bond donors (Lipinski definition) is 1. The minimum atomic E-state index is -0.534. The number of hydrogen-bond acceptors (Lipinski definition) is 4. The average Bonchev–Trinajstić information content (AvgIpc) is 2.63. The summed E-state index contributed by atoms with van der Waals surface area (Å²) in [5.74, 6) is 0.00653. The number of halogens is 1. The third kappa shape index (κ3) is 3.37. The van der Waals surface area contributed by atoms with Crippen LogP contribution in [0.25, 0.3) is 0 Å². The van der Waals surface area contributed by atoms with E-state index < -0.39 is 5.66 Å². The molecule has 0 aliphatic carbocycles. The highest BCUT2D eigenvalue weighted by Gasteiger charge is 2.39. The summed E-state index contributed by atoms with van der Waals surface area (Å²) in [7, 11) is 2.14. The number of anilines is 3. The molecule has 142 valence electrons. The fraction of sp³-hybridized carbons (Fsp3) is 0.381. The zero-order valence-electron chi connectivity index (χ0n) is 16.0.